The molecule has 0 heterocycles. The summed E-state index contributed by atoms with van der Waals surface area (Å²) in [6.07, 6.45) is 0. The van der Waals surface area contributed by atoms with Crippen molar-refractivity contribution in [3.63, 3.8) is 0 Å². The number of carboxylic acid groups (broad SMARTS) is 1. The molecule has 0 aromatic carbocycles. The van der Waals surface area contributed by atoms with Gasteiger partial charge in [-0.05, 0) is 21.0 Å². The van der Waals surface area contributed by atoms with E-state index in [1.54, 1.807) is 0 Å². The van der Waals surface area contributed by atoms with Gasteiger partial charge in [-0.1, -0.05) is 0 Å². The number of likely N-dealkylation sites (N-methyl/N-ethyl adjacent to an activating group) is 1. The number of ether oxygens (including phenoxy) is 1. The quantitative estimate of drug-likeness (QED) is 0.431. The molecule has 0 aliphatic rings. The number of hydrogen-bond donors (Lipinski definition) is 2. The molecule has 94 valence electrons. The van der Waals surface area contributed by atoms with Crippen LogP contribution in [-0.2, 0) is 14.3 Å². The Balaban J connectivity index is 3.45. The van der Waals surface area contributed by atoms with Crippen LogP contribution in [0, 0.1) is 5.92 Å². The molecule has 0 aromatic heterocycles. The Bertz CT molecular complexity index is 231. The molecule has 0 aliphatic heterocycles. The van der Waals surface area contributed by atoms with Gasteiger partial charge in [0.15, 0.2) is 0 Å². The second-order valence-corrected chi connectivity index (χ2v) is 3.77. The first-order chi connectivity index (χ1) is 7.45. The maximum atomic E-state index is 11.2. The second-order valence-electron chi connectivity index (χ2n) is 3.77. The molecule has 0 bridgehead atoms. The molecule has 1 amide bonds. The third-order valence-corrected chi connectivity index (χ3v) is 1.99. The molecule has 6 heteroatoms. The summed E-state index contributed by atoms with van der Waals surface area (Å²) in [7, 11) is 3.89. The van der Waals surface area contributed by atoms with Crippen LogP contribution in [-0.4, -0.2) is 62.3 Å². The largest absolute Gasteiger partial charge is 0.481 e. The zero-order valence-corrected chi connectivity index (χ0v) is 10.0. The topological polar surface area (TPSA) is 78.9 Å². The summed E-state index contributed by atoms with van der Waals surface area (Å²) in [6, 6.07) is 0. The van der Waals surface area contributed by atoms with Crippen LogP contribution in [0.1, 0.15) is 6.92 Å². The van der Waals surface area contributed by atoms with E-state index in [2.05, 4.69) is 5.32 Å². The Morgan fingerprint density at radius 2 is 2.00 bits per heavy atom. The smallest absolute Gasteiger partial charge is 0.315 e. The number of aliphatic carboxylic acids is 1. The number of rotatable bonds is 8. The van der Waals surface area contributed by atoms with Crippen molar-refractivity contribution in [1.82, 2.24) is 10.2 Å². The average Bonchev–Trinajstić information content (AvgIpc) is 2.21. The van der Waals surface area contributed by atoms with E-state index in [1.165, 1.54) is 6.92 Å². The van der Waals surface area contributed by atoms with Gasteiger partial charge in [0.2, 0.25) is 5.91 Å². The van der Waals surface area contributed by atoms with E-state index in [4.69, 9.17) is 9.84 Å². The second kappa shape index (κ2) is 8.06. The number of carbonyl (C=O) groups excluding carboxylic acids is 1. The highest BCUT2D eigenvalue weighted by atomic mass is 16.5. The summed E-state index contributed by atoms with van der Waals surface area (Å²) in [5, 5.41) is 11.1. The minimum Gasteiger partial charge on any atom is -0.481 e. The van der Waals surface area contributed by atoms with Gasteiger partial charge in [0.1, 0.15) is 5.92 Å². The summed E-state index contributed by atoms with van der Waals surface area (Å²) >= 11 is 0. The summed E-state index contributed by atoms with van der Waals surface area (Å²) in [5.74, 6) is -2.61. The van der Waals surface area contributed by atoms with Gasteiger partial charge < -0.3 is 20.1 Å². The number of carboxylic acids is 1. The van der Waals surface area contributed by atoms with Crippen LogP contribution in [0.4, 0.5) is 0 Å². The lowest BCUT2D eigenvalue weighted by Crippen LogP contribution is -2.35. The van der Waals surface area contributed by atoms with Crippen LogP contribution in [0.25, 0.3) is 0 Å². The average molecular weight is 232 g/mol. The summed E-state index contributed by atoms with van der Waals surface area (Å²) < 4.78 is 5.23. The van der Waals surface area contributed by atoms with Crippen molar-refractivity contribution in [2.24, 2.45) is 5.92 Å². The Morgan fingerprint density at radius 3 is 2.50 bits per heavy atom. The van der Waals surface area contributed by atoms with E-state index >= 15 is 0 Å². The molecular formula is C10H20N2O4. The Morgan fingerprint density at radius 1 is 1.38 bits per heavy atom. The van der Waals surface area contributed by atoms with Crippen LogP contribution in [0.15, 0.2) is 0 Å². The van der Waals surface area contributed by atoms with Crippen LogP contribution >= 0.6 is 0 Å². The molecule has 0 aromatic rings. The van der Waals surface area contributed by atoms with Gasteiger partial charge in [-0.2, -0.15) is 0 Å². The van der Waals surface area contributed by atoms with E-state index in [-0.39, 0.29) is 0 Å². The maximum Gasteiger partial charge on any atom is 0.315 e. The fraction of sp³-hybridized carbons (Fsp3) is 0.800. The van der Waals surface area contributed by atoms with E-state index in [0.29, 0.717) is 19.8 Å². The van der Waals surface area contributed by atoms with E-state index in [1.807, 2.05) is 19.0 Å². The first-order valence-electron chi connectivity index (χ1n) is 5.18. The van der Waals surface area contributed by atoms with Gasteiger partial charge in [-0.15, -0.1) is 0 Å². The molecule has 6 nitrogen and oxygen atoms in total. The van der Waals surface area contributed by atoms with Gasteiger partial charge in [-0.3, -0.25) is 9.59 Å². The van der Waals surface area contributed by atoms with Gasteiger partial charge in [0, 0.05) is 13.1 Å². The number of nitrogens with one attached hydrogen (secondary N) is 1. The molecule has 0 spiro atoms. The third-order valence-electron chi connectivity index (χ3n) is 1.99. The lowest BCUT2D eigenvalue weighted by molar-refractivity contribution is -0.146. The Kier molecular flexibility index (Phi) is 7.49. The van der Waals surface area contributed by atoms with Crippen molar-refractivity contribution in [1.29, 1.82) is 0 Å². The molecule has 16 heavy (non-hydrogen) atoms. The van der Waals surface area contributed by atoms with Crippen molar-refractivity contribution in [2.45, 2.75) is 6.92 Å². The predicted molar refractivity (Wildman–Crippen MR) is 59.2 cm³/mol. The van der Waals surface area contributed by atoms with Crippen molar-refractivity contribution in [3.8, 4) is 0 Å². The molecule has 2 N–H and O–H groups in total. The first kappa shape index (κ1) is 14.9. The number of nitrogens with zero attached hydrogens (tertiary/aromatic N) is 1. The normalized spacial score (nSPS) is 12.5. The molecule has 1 unspecified atom stereocenters. The van der Waals surface area contributed by atoms with Crippen LogP contribution in [0.2, 0.25) is 0 Å². The molecule has 0 fully saturated rings. The fourth-order valence-corrected chi connectivity index (χ4v) is 0.861. The molecule has 0 radical (unpaired) electrons. The third kappa shape index (κ3) is 7.19. The van der Waals surface area contributed by atoms with Crippen LogP contribution in [0.3, 0.4) is 0 Å². The summed E-state index contributed by atoms with van der Waals surface area (Å²) in [5.41, 5.74) is 0. The monoisotopic (exact) mass is 232 g/mol. The summed E-state index contributed by atoms with van der Waals surface area (Å²) in [4.78, 5) is 23.6. The molecular weight excluding hydrogens is 212 g/mol. The van der Waals surface area contributed by atoms with Crippen molar-refractivity contribution >= 4 is 11.9 Å². The highest BCUT2D eigenvalue weighted by molar-refractivity contribution is 5.96. The van der Waals surface area contributed by atoms with Gasteiger partial charge in [-0.25, -0.2) is 0 Å². The van der Waals surface area contributed by atoms with Gasteiger partial charge in [0.25, 0.3) is 0 Å². The lowest BCUT2D eigenvalue weighted by atomic mass is 10.2. The number of carbonyl (C=O) groups is 2. The molecule has 0 rings (SSSR count). The molecule has 0 saturated heterocycles. The Labute approximate surface area is 95.6 Å². The lowest BCUT2D eigenvalue weighted by Gasteiger charge is -2.11. The zero-order chi connectivity index (χ0) is 12.6. The first-order valence-corrected chi connectivity index (χ1v) is 5.18. The molecule has 0 aliphatic carbocycles. The molecule has 1 atom stereocenters. The maximum absolute atomic E-state index is 11.2. The zero-order valence-electron chi connectivity index (χ0n) is 10.0. The van der Waals surface area contributed by atoms with Crippen LogP contribution < -0.4 is 5.32 Å². The standard InChI is InChI=1S/C10H20N2O4/c1-8(10(14)15)9(13)11-4-6-16-7-5-12(2)3/h8H,4-7H2,1-3H3,(H,11,13)(H,14,15). The van der Waals surface area contributed by atoms with E-state index in [9.17, 15) is 9.59 Å². The SMILES string of the molecule is CC(C(=O)O)C(=O)NCCOCCN(C)C. The van der Waals surface area contributed by atoms with Crippen molar-refractivity contribution in [2.75, 3.05) is 40.4 Å². The Hall–Kier alpha value is -1.14. The molecule has 0 saturated carbocycles. The van der Waals surface area contributed by atoms with Crippen LogP contribution in [0.5, 0.6) is 0 Å². The van der Waals surface area contributed by atoms with Crippen molar-refractivity contribution in [3.05, 3.63) is 0 Å². The number of amides is 1. The predicted octanol–water partition coefficient (Wildman–Crippen LogP) is -0.598. The minimum absolute atomic E-state index is 0.337. The highest BCUT2D eigenvalue weighted by Gasteiger charge is 2.19. The van der Waals surface area contributed by atoms with Gasteiger partial charge in [0.05, 0.1) is 13.2 Å². The minimum atomic E-state index is -1.12. The van der Waals surface area contributed by atoms with E-state index in [0.717, 1.165) is 6.54 Å². The number of hydrogen-bond acceptors (Lipinski definition) is 4. The highest BCUT2D eigenvalue weighted by Crippen LogP contribution is 1.93. The van der Waals surface area contributed by atoms with Crippen molar-refractivity contribution < 1.29 is 19.4 Å². The van der Waals surface area contributed by atoms with Gasteiger partial charge >= 0.3 is 5.97 Å². The van der Waals surface area contributed by atoms with E-state index < -0.39 is 17.8 Å². The fourth-order valence-electron chi connectivity index (χ4n) is 0.861. The summed E-state index contributed by atoms with van der Waals surface area (Å²) in [6.45, 7) is 3.50.